The summed E-state index contributed by atoms with van der Waals surface area (Å²) in [5.74, 6) is 0. The van der Waals surface area contributed by atoms with E-state index in [0.717, 1.165) is 24.2 Å². The lowest BCUT2D eigenvalue weighted by atomic mass is 10.2. The summed E-state index contributed by atoms with van der Waals surface area (Å²) in [6.45, 7) is 3.73. The van der Waals surface area contributed by atoms with Crippen LogP contribution in [0.4, 0.5) is 11.4 Å². The van der Waals surface area contributed by atoms with Crippen LogP contribution in [0.2, 0.25) is 0 Å². The van der Waals surface area contributed by atoms with Crippen LogP contribution in [0.1, 0.15) is 12.8 Å². The Balaban J connectivity index is 1.66. The lowest BCUT2D eigenvalue weighted by Crippen LogP contribution is -2.52. The summed E-state index contributed by atoms with van der Waals surface area (Å²) in [7, 11) is -3.27. The smallest absolute Gasteiger partial charge is 0.282 e. The molecule has 2 saturated heterocycles. The number of anilines is 2. The van der Waals surface area contributed by atoms with Gasteiger partial charge in [0, 0.05) is 39.3 Å². The summed E-state index contributed by atoms with van der Waals surface area (Å²) in [4.78, 5) is 2.16. The van der Waals surface area contributed by atoms with E-state index in [1.165, 1.54) is 0 Å². The van der Waals surface area contributed by atoms with E-state index in [9.17, 15) is 8.42 Å². The zero-order valence-corrected chi connectivity index (χ0v) is 12.9. The lowest BCUT2D eigenvalue weighted by molar-refractivity contribution is 0.344. The van der Waals surface area contributed by atoms with Gasteiger partial charge in [-0.25, -0.2) is 0 Å². The van der Waals surface area contributed by atoms with Crippen molar-refractivity contribution >= 4 is 21.6 Å². The Morgan fingerprint density at radius 1 is 0.857 bits per heavy atom. The highest BCUT2D eigenvalue weighted by molar-refractivity contribution is 7.86. The van der Waals surface area contributed by atoms with Crippen LogP contribution < -0.4 is 10.6 Å². The highest BCUT2D eigenvalue weighted by atomic mass is 32.2. The first-order valence-electron chi connectivity index (χ1n) is 7.44. The highest BCUT2D eigenvalue weighted by Gasteiger charge is 2.33. The molecule has 1 aromatic carbocycles. The van der Waals surface area contributed by atoms with Crippen LogP contribution in [0.25, 0.3) is 0 Å². The summed E-state index contributed by atoms with van der Waals surface area (Å²) in [6.07, 6.45) is 1.94. The molecule has 2 N–H and O–H groups in total. The third-order valence-corrected chi connectivity index (χ3v) is 6.27. The lowest BCUT2D eigenvalue weighted by Gasteiger charge is -2.37. The van der Waals surface area contributed by atoms with Crippen molar-refractivity contribution in [1.29, 1.82) is 0 Å². The number of nitrogens with two attached hydrogens (primary N) is 1. The summed E-state index contributed by atoms with van der Waals surface area (Å²) in [5, 5.41) is 0. The second kappa shape index (κ2) is 5.82. The molecule has 0 atom stereocenters. The Bertz CT molecular complexity index is 591. The molecular weight excluding hydrogens is 288 g/mol. The van der Waals surface area contributed by atoms with Crippen molar-refractivity contribution < 1.29 is 8.42 Å². The van der Waals surface area contributed by atoms with Crippen molar-refractivity contribution in [2.24, 2.45) is 0 Å². The fourth-order valence-corrected chi connectivity index (χ4v) is 4.69. The molecule has 6 nitrogen and oxygen atoms in total. The first-order valence-corrected chi connectivity index (χ1v) is 8.83. The third-order valence-electron chi connectivity index (χ3n) is 4.23. The van der Waals surface area contributed by atoms with Gasteiger partial charge in [0.25, 0.3) is 10.2 Å². The second-order valence-electron chi connectivity index (χ2n) is 5.56. The van der Waals surface area contributed by atoms with Gasteiger partial charge in [-0.05, 0) is 25.0 Å². The van der Waals surface area contributed by atoms with Crippen molar-refractivity contribution in [3.8, 4) is 0 Å². The molecular formula is C14H22N4O2S. The van der Waals surface area contributed by atoms with E-state index < -0.39 is 10.2 Å². The summed E-state index contributed by atoms with van der Waals surface area (Å²) >= 11 is 0. The van der Waals surface area contributed by atoms with Crippen molar-refractivity contribution in [3.63, 3.8) is 0 Å². The van der Waals surface area contributed by atoms with Crippen LogP contribution in [0, 0.1) is 0 Å². The number of nitrogen functional groups attached to an aromatic ring is 1. The minimum absolute atomic E-state index is 0.521. The summed E-state index contributed by atoms with van der Waals surface area (Å²) in [5.41, 5.74) is 7.73. The van der Waals surface area contributed by atoms with E-state index in [2.05, 4.69) is 4.90 Å². The van der Waals surface area contributed by atoms with Gasteiger partial charge in [-0.1, -0.05) is 12.1 Å². The molecule has 1 aromatic rings. The summed E-state index contributed by atoms with van der Waals surface area (Å²) in [6, 6.07) is 7.73. The minimum Gasteiger partial charge on any atom is -0.397 e. The van der Waals surface area contributed by atoms with E-state index >= 15 is 0 Å². The molecule has 0 radical (unpaired) electrons. The van der Waals surface area contributed by atoms with Gasteiger partial charge >= 0.3 is 0 Å². The van der Waals surface area contributed by atoms with Gasteiger partial charge < -0.3 is 10.6 Å². The van der Waals surface area contributed by atoms with Crippen LogP contribution in [-0.2, 0) is 10.2 Å². The van der Waals surface area contributed by atoms with E-state index in [4.69, 9.17) is 5.73 Å². The number of hydrogen-bond acceptors (Lipinski definition) is 4. The molecule has 2 fully saturated rings. The molecule has 0 aromatic heterocycles. The Labute approximate surface area is 126 Å². The fourth-order valence-electron chi connectivity index (χ4n) is 3.02. The van der Waals surface area contributed by atoms with Gasteiger partial charge in [-0.3, -0.25) is 0 Å². The predicted octanol–water partition coefficient (Wildman–Crippen LogP) is 0.731. The monoisotopic (exact) mass is 310 g/mol. The molecule has 2 aliphatic rings. The van der Waals surface area contributed by atoms with Crippen LogP contribution in [0.5, 0.6) is 0 Å². The van der Waals surface area contributed by atoms with Crippen LogP contribution >= 0.6 is 0 Å². The molecule has 0 bridgehead atoms. The average molecular weight is 310 g/mol. The normalized spacial score (nSPS) is 21.8. The van der Waals surface area contributed by atoms with Gasteiger partial charge in [0.2, 0.25) is 0 Å². The largest absolute Gasteiger partial charge is 0.397 e. The molecule has 2 heterocycles. The standard InChI is InChI=1S/C14H22N4O2S/c15-13-5-1-2-6-14(13)16-9-11-18(12-10-16)21(19,20)17-7-3-4-8-17/h1-2,5-6H,3-4,7-12,15H2. The number of rotatable bonds is 3. The number of nitrogens with zero attached hydrogens (tertiary/aromatic N) is 3. The highest BCUT2D eigenvalue weighted by Crippen LogP contribution is 2.25. The van der Waals surface area contributed by atoms with E-state index in [1.807, 2.05) is 24.3 Å². The van der Waals surface area contributed by atoms with Gasteiger partial charge in [-0.2, -0.15) is 17.0 Å². The van der Waals surface area contributed by atoms with E-state index in [-0.39, 0.29) is 0 Å². The number of piperazine rings is 1. The maximum atomic E-state index is 12.5. The Morgan fingerprint density at radius 3 is 2.05 bits per heavy atom. The van der Waals surface area contributed by atoms with Gasteiger partial charge in [0.05, 0.1) is 11.4 Å². The Kier molecular flexibility index (Phi) is 4.05. The van der Waals surface area contributed by atoms with Gasteiger partial charge in [0.15, 0.2) is 0 Å². The fraction of sp³-hybridized carbons (Fsp3) is 0.571. The molecule has 0 unspecified atom stereocenters. The molecule has 7 heteroatoms. The molecule has 116 valence electrons. The maximum absolute atomic E-state index is 12.5. The van der Waals surface area contributed by atoms with Crippen molar-refractivity contribution in [2.75, 3.05) is 49.9 Å². The second-order valence-corrected chi connectivity index (χ2v) is 7.49. The maximum Gasteiger partial charge on any atom is 0.282 e. The molecule has 21 heavy (non-hydrogen) atoms. The van der Waals surface area contributed by atoms with Crippen LogP contribution in [0.3, 0.4) is 0 Å². The molecule has 0 spiro atoms. The topological polar surface area (TPSA) is 69.9 Å². The predicted molar refractivity (Wildman–Crippen MR) is 84.4 cm³/mol. The Morgan fingerprint density at radius 2 is 1.43 bits per heavy atom. The molecule has 0 amide bonds. The SMILES string of the molecule is Nc1ccccc1N1CCN(S(=O)(=O)N2CCCC2)CC1. The van der Waals surface area contributed by atoms with Gasteiger partial charge in [0.1, 0.15) is 0 Å². The molecule has 0 aliphatic carbocycles. The molecule has 0 saturated carbocycles. The summed E-state index contributed by atoms with van der Waals surface area (Å²) < 4.78 is 28.2. The number of benzene rings is 1. The molecule has 2 aliphatic heterocycles. The van der Waals surface area contributed by atoms with Gasteiger partial charge in [-0.15, -0.1) is 0 Å². The molecule has 3 rings (SSSR count). The quantitative estimate of drug-likeness (QED) is 0.836. The van der Waals surface area contributed by atoms with Crippen molar-refractivity contribution in [3.05, 3.63) is 24.3 Å². The van der Waals surface area contributed by atoms with E-state index in [0.29, 0.717) is 39.3 Å². The first kappa shape index (κ1) is 14.6. The minimum atomic E-state index is -3.27. The number of hydrogen-bond donors (Lipinski definition) is 1. The van der Waals surface area contributed by atoms with Crippen molar-refractivity contribution in [2.45, 2.75) is 12.8 Å². The van der Waals surface area contributed by atoms with Crippen LogP contribution in [0.15, 0.2) is 24.3 Å². The zero-order valence-electron chi connectivity index (χ0n) is 12.1. The van der Waals surface area contributed by atoms with E-state index in [1.54, 1.807) is 8.61 Å². The Hall–Kier alpha value is -1.31. The average Bonchev–Trinajstić information content (AvgIpc) is 3.03. The zero-order chi connectivity index (χ0) is 14.9. The first-order chi connectivity index (χ1) is 10.1. The third kappa shape index (κ3) is 2.86. The van der Waals surface area contributed by atoms with Crippen LogP contribution in [-0.4, -0.2) is 56.3 Å². The van der Waals surface area contributed by atoms with Crippen molar-refractivity contribution in [1.82, 2.24) is 8.61 Å². The number of para-hydroxylation sites is 2.